The first-order valence-corrected chi connectivity index (χ1v) is 6.26. The second kappa shape index (κ2) is 5.13. The summed E-state index contributed by atoms with van der Waals surface area (Å²) in [7, 11) is -3.89. The number of anilines is 1. The molecule has 0 unspecified atom stereocenters. The van der Waals surface area contributed by atoms with Gasteiger partial charge in [0.1, 0.15) is 11.6 Å². The minimum Gasteiger partial charge on any atom is -0.478 e. The number of rotatable bonds is 5. The fourth-order valence-electron chi connectivity index (χ4n) is 1.16. The molecule has 0 radical (unpaired) electrons. The maximum absolute atomic E-state index is 13.3. The van der Waals surface area contributed by atoms with Crippen LogP contribution < -0.4 is 4.72 Å². The normalized spacial score (nSPS) is 11.0. The predicted octanol–water partition coefficient (Wildman–Crippen LogP) is 1.59. The van der Waals surface area contributed by atoms with Crippen LogP contribution in [-0.4, -0.2) is 25.2 Å². The van der Waals surface area contributed by atoms with Crippen LogP contribution in [0.15, 0.2) is 24.8 Å². The number of carboxylic acid groups (broad SMARTS) is 1. The van der Waals surface area contributed by atoms with Gasteiger partial charge < -0.3 is 5.11 Å². The van der Waals surface area contributed by atoms with E-state index in [2.05, 4.69) is 6.58 Å². The number of hydrogen-bond acceptors (Lipinski definition) is 3. The Morgan fingerprint density at radius 3 is 2.50 bits per heavy atom. The van der Waals surface area contributed by atoms with Gasteiger partial charge in [0, 0.05) is 6.07 Å². The Balaban J connectivity index is 3.22. The molecule has 0 aliphatic heterocycles. The zero-order valence-corrected chi connectivity index (χ0v) is 9.80. The summed E-state index contributed by atoms with van der Waals surface area (Å²) in [6.07, 6.45) is 1.07. The maximum atomic E-state index is 13.3. The van der Waals surface area contributed by atoms with E-state index in [0.717, 1.165) is 6.08 Å². The average molecular weight is 277 g/mol. The molecule has 0 atom stereocenters. The molecule has 8 heteroatoms. The molecule has 1 aromatic rings. The molecule has 0 amide bonds. The highest BCUT2D eigenvalue weighted by Crippen LogP contribution is 2.20. The second-order valence-electron chi connectivity index (χ2n) is 3.29. The predicted molar refractivity (Wildman–Crippen MR) is 60.9 cm³/mol. The Morgan fingerprint density at radius 2 is 2.00 bits per heavy atom. The fourth-order valence-corrected chi connectivity index (χ4v) is 2.04. The van der Waals surface area contributed by atoms with Gasteiger partial charge in [0.05, 0.1) is 17.0 Å². The lowest BCUT2D eigenvalue weighted by molar-refractivity contribution is 0.0692. The highest BCUT2D eigenvalue weighted by molar-refractivity contribution is 7.92. The van der Waals surface area contributed by atoms with Crippen LogP contribution in [0.25, 0.3) is 0 Å². The van der Waals surface area contributed by atoms with Crippen molar-refractivity contribution in [3.05, 3.63) is 42.0 Å². The van der Waals surface area contributed by atoms with Crippen molar-refractivity contribution in [3.63, 3.8) is 0 Å². The number of hydrogen-bond donors (Lipinski definition) is 2. The summed E-state index contributed by atoms with van der Waals surface area (Å²) in [5.74, 6) is -4.60. The van der Waals surface area contributed by atoms with Crippen LogP contribution in [-0.2, 0) is 10.0 Å². The van der Waals surface area contributed by atoms with Crippen molar-refractivity contribution in [3.8, 4) is 0 Å². The van der Waals surface area contributed by atoms with Gasteiger partial charge in [-0.2, -0.15) is 0 Å². The van der Waals surface area contributed by atoms with Crippen molar-refractivity contribution in [2.45, 2.75) is 0 Å². The highest BCUT2D eigenvalue weighted by atomic mass is 32.2. The lowest BCUT2D eigenvalue weighted by atomic mass is 10.2. The molecule has 0 bridgehead atoms. The molecular formula is C10H9F2NO4S. The number of halogens is 2. The lowest BCUT2D eigenvalue weighted by Gasteiger charge is -2.08. The molecule has 0 aliphatic carbocycles. The van der Waals surface area contributed by atoms with Gasteiger partial charge in [-0.1, -0.05) is 6.08 Å². The topological polar surface area (TPSA) is 83.5 Å². The van der Waals surface area contributed by atoms with Crippen LogP contribution in [0.3, 0.4) is 0 Å². The van der Waals surface area contributed by atoms with Crippen LogP contribution in [0.5, 0.6) is 0 Å². The van der Waals surface area contributed by atoms with E-state index in [9.17, 15) is 22.0 Å². The Kier molecular flexibility index (Phi) is 4.02. The third-order valence-corrected chi connectivity index (χ3v) is 3.10. The van der Waals surface area contributed by atoms with E-state index in [0.29, 0.717) is 12.1 Å². The van der Waals surface area contributed by atoms with E-state index in [-0.39, 0.29) is 0 Å². The first-order valence-electron chi connectivity index (χ1n) is 4.60. The third-order valence-electron chi connectivity index (χ3n) is 1.89. The number of benzene rings is 1. The zero-order chi connectivity index (χ0) is 13.9. The summed E-state index contributed by atoms with van der Waals surface area (Å²) in [6, 6.07) is 0.878. The molecule has 1 aromatic carbocycles. The molecule has 18 heavy (non-hydrogen) atoms. The Hall–Kier alpha value is -1.96. The van der Waals surface area contributed by atoms with Gasteiger partial charge in [-0.05, 0) is 6.07 Å². The second-order valence-corrected chi connectivity index (χ2v) is 5.06. The molecule has 5 nitrogen and oxygen atoms in total. The summed E-state index contributed by atoms with van der Waals surface area (Å²) >= 11 is 0. The number of aromatic carboxylic acids is 1. The van der Waals surface area contributed by atoms with Gasteiger partial charge >= 0.3 is 5.97 Å². The van der Waals surface area contributed by atoms with Crippen LogP contribution in [0.1, 0.15) is 10.4 Å². The summed E-state index contributed by atoms with van der Waals surface area (Å²) in [5.41, 5.74) is -1.46. The number of sulfonamides is 1. The molecule has 0 heterocycles. The molecule has 0 saturated carbocycles. The Morgan fingerprint density at radius 1 is 1.39 bits per heavy atom. The minimum atomic E-state index is -3.89. The number of nitrogens with one attached hydrogen (secondary N) is 1. The van der Waals surface area contributed by atoms with E-state index in [1.807, 2.05) is 0 Å². The van der Waals surface area contributed by atoms with E-state index in [1.54, 1.807) is 4.72 Å². The van der Waals surface area contributed by atoms with Crippen molar-refractivity contribution in [2.75, 3.05) is 10.5 Å². The monoisotopic (exact) mass is 277 g/mol. The zero-order valence-electron chi connectivity index (χ0n) is 8.98. The smallest absolute Gasteiger partial charge is 0.338 e. The van der Waals surface area contributed by atoms with E-state index < -0.39 is 44.6 Å². The van der Waals surface area contributed by atoms with Crippen molar-refractivity contribution in [2.24, 2.45) is 0 Å². The molecule has 0 aliphatic rings. The summed E-state index contributed by atoms with van der Waals surface area (Å²) in [6.45, 7) is 3.20. The van der Waals surface area contributed by atoms with Gasteiger partial charge in [0.2, 0.25) is 10.0 Å². The van der Waals surface area contributed by atoms with Crippen molar-refractivity contribution < 1.29 is 27.1 Å². The molecule has 0 aromatic heterocycles. The molecule has 0 spiro atoms. The molecule has 0 fully saturated rings. The first-order chi connectivity index (χ1) is 8.26. The van der Waals surface area contributed by atoms with Crippen LogP contribution in [0.4, 0.5) is 14.5 Å². The summed E-state index contributed by atoms with van der Waals surface area (Å²) in [5, 5.41) is 8.63. The average Bonchev–Trinajstić information content (AvgIpc) is 2.21. The van der Waals surface area contributed by atoms with Gasteiger partial charge in [0.25, 0.3) is 0 Å². The van der Waals surface area contributed by atoms with Crippen LogP contribution in [0.2, 0.25) is 0 Å². The maximum Gasteiger partial charge on any atom is 0.338 e. The number of carbonyl (C=O) groups is 1. The van der Waals surface area contributed by atoms with E-state index in [1.165, 1.54) is 0 Å². The SMILES string of the molecule is C=CCS(=O)(=O)Nc1cc(C(=O)O)c(F)cc1F. The van der Waals surface area contributed by atoms with Crippen molar-refractivity contribution in [1.29, 1.82) is 0 Å². The third kappa shape index (κ3) is 3.27. The first kappa shape index (κ1) is 14.1. The van der Waals surface area contributed by atoms with Crippen molar-refractivity contribution >= 4 is 21.7 Å². The molecule has 98 valence electrons. The summed E-state index contributed by atoms with van der Waals surface area (Å²) in [4.78, 5) is 10.6. The summed E-state index contributed by atoms with van der Waals surface area (Å²) < 4.78 is 50.8. The molecule has 0 saturated heterocycles. The van der Waals surface area contributed by atoms with Gasteiger partial charge in [-0.3, -0.25) is 4.72 Å². The van der Waals surface area contributed by atoms with Crippen molar-refractivity contribution in [1.82, 2.24) is 0 Å². The Bertz CT molecular complexity index is 598. The molecular weight excluding hydrogens is 268 g/mol. The largest absolute Gasteiger partial charge is 0.478 e. The quantitative estimate of drug-likeness (QED) is 0.800. The van der Waals surface area contributed by atoms with E-state index >= 15 is 0 Å². The van der Waals surface area contributed by atoms with Crippen LogP contribution >= 0.6 is 0 Å². The number of carboxylic acids is 1. The Labute approximate surface area is 102 Å². The molecule has 1 rings (SSSR count). The van der Waals surface area contributed by atoms with E-state index in [4.69, 9.17) is 5.11 Å². The van der Waals surface area contributed by atoms with Gasteiger partial charge in [-0.25, -0.2) is 22.0 Å². The van der Waals surface area contributed by atoms with Gasteiger partial charge in [-0.15, -0.1) is 6.58 Å². The minimum absolute atomic E-state index is 0.301. The molecule has 2 N–H and O–H groups in total. The highest BCUT2D eigenvalue weighted by Gasteiger charge is 2.18. The standard InChI is InChI=1S/C10H9F2NO4S/c1-2-3-18(16,17)13-9-4-6(10(14)15)7(11)5-8(9)12/h2,4-5,13H,1,3H2,(H,14,15). The lowest BCUT2D eigenvalue weighted by Crippen LogP contribution is -2.17. The van der Waals surface area contributed by atoms with Gasteiger partial charge in [0.15, 0.2) is 0 Å². The van der Waals surface area contributed by atoms with Crippen LogP contribution in [0, 0.1) is 11.6 Å². The fraction of sp³-hybridized carbons (Fsp3) is 0.100.